The number of ether oxygens (including phenoxy) is 1. The first-order chi connectivity index (χ1) is 23.5. The second kappa shape index (κ2) is 11.4. The largest absolute Gasteiger partial charge is 0.488 e. The van der Waals surface area contributed by atoms with Gasteiger partial charge in [0.25, 0.3) is 0 Å². The highest BCUT2D eigenvalue weighted by molar-refractivity contribution is 7.81. The molecule has 10 heteroatoms. The standard InChI is InChI=1S/C38H26N4O3S3/c46-29-14-17-43-36(29)33-23-8-6-21(39-23)32(20-4-2-1-3-5-20)22-7-9-24(40-22)34(37-30(47)15-18-44-37)26-11-13-28(42-26)35(27-12-10-25(33)41-27)38-31(48)16-19-45-38/h1-19,36,39-42,47-48H. The van der Waals surface area contributed by atoms with Gasteiger partial charge in [-0.25, -0.2) is 0 Å². The molecule has 8 bridgehead atoms. The lowest BCUT2D eigenvalue weighted by Gasteiger charge is -2.14. The molecule has 8 heterocycles. The summed E-state index contributed by atoms with van der Waals surface area (Å²) in [6, 6.07) is 30.5. The van der Waals surface area contributed by atoms with Gasteiger partial charge in [0.1, 0.15) is 0 Å². The maximum atomic E-state index is 6.10. The summed E-state index contributed by atoms with van der Waals surface area (Å²) >= 11 is 15.3. The average Bonchev–Trinajstić information content (AvgIpc) is 3.94. The number of aromatic amines is 4. The molecule has 2 aliphatic heterocycles. The van der Waals surface area contributed by atoms with E-state index in [1.807, 2.05) is 60.7 Å². The van der Waals surface area contributed by atoms with Gasteiger partial charge >= 0.3 is 0 Å². The molecule has 1 atom stereocenters. The Kier molecular flexibility index (Phi) is 6.89. The Bertz CT molecular complexity index is 2660. The van der Waals surface area contributed by atoms with Crippen LogP contribution in [0.2, 0.25) is 0 Å². The second-order valence-electron chi connectivity index (χ2n) is 11.5. The van der Waals surface area contributed by atoms with Crippen molar-refractivity contribution >= 4 is 64.6 Å². The summed E-state index contributed by atoms with van der Waals surface area (Å²) < 4.78 is 18.2. The Morgan fingerprint density at radius 1 is 0.542 bits per heavy atom. The number of aromatic nitrogens is 4. The normalized spacial score (nSPS) is 15.9. The van der Waals surface area contributed by atoms with E-state index in [-0.39, 0.29) is 0 Å². The molecule has 1 unspecified atom stereocenters. The lowest BCUT2D eigenvalue weighted by Crippen LogP contribution is -2.26. The first-order valence-corrected chi connectivity index (χ1v) is 16.6. The van der Waals surface area contributed by atoms with Crippen molar-refractivity contribution in [3.63, 3.8) is 0 Å². The van der Waals surface area contributed by atoms with Crippen molar-refractivity contribution in [2.45, 2.75) is 15.9 Å². The molecule has 6 aromatic heterocycles. The SMILES string of the molecule is S=C1C=COC1C1=c2ccc([nH]2)=C(c2occc2S)c2ccc([nH]2)C(c2occc2S)=c2ccc([nH]2)=C(c2ccccc2)c2ccc1[nH]2. The molecule has 2 aliphatic rings. The van der Waals surface area contributed by atoms with Crippen molar-refractivity contribution in [3.05, 3.63) is 177 Å². The fourth-order valence-electron chi connectivity index (χ4n) is 6.57. The summed E-state index contributed by atoms with van der Waals surface area (Å²) in [6.45, 7) is 0. The van der Waals surface area contributed by atoms with E-state index in [9.17, 15) is 0 Å². The predicted octanol–water partition coefficient (Wildman–Crippen LogP) is 5.30. The number of thiocarbonyl (C=S) groups is 1. The predicted molar refractivity (Wildman–Crippen MR) is 194 cm³/mol. The van der Waals surface area contributed by atoms with Crippen molar-refractivity contribution in [3.8, 4) is 0 Å². The Morgan fingerprint density at radius 2 is 1.06 bits per heavy atom. The molecule has 48 heavy (non-hydrogen) atoms. The third-order valence-electron chi connectivity index (χ3n) is 8.71. The number of thiol groups is 2. The van der Waals surface area contributed by atoms with Gasteiger partial charge in [-0.05, 0) is 72.3 Å². The highest BCUT2D eigenvalue weighted by Crippen LogP contribution is 2.32. The maximum Gasteiger partial charge on any atom is 0.162 e. The summed E-state index contributed by atoms with van der Waals surface area (Å²) in [5.74, 6) is 1.26. The summed E-state index contributed by atoms with van der Waals surface area (Å²) in [5.41, 5.74) is 8.05. The highest BCUT2D eigenvalue weighted by Gasteiger charge is 2.27. The molecule has 0 radical (unpaired) electrons. The van der Waals surface area contributed by atoms with Crippen LogP contribution in [0.25, 0.3) is 22.3 Å². The van der Waals surface area contributed by atoms with Crippen LogP contribution in [-0.2, 0) is 4.74 Å². The number of benzene rings is 1. The first kappa shape index (κ1) is 28.9. The van der Waals surface area contributed by atoms with Crippen LogP contribution in [0.15, 0.2) is 134 Å². The maximum absolute atomic E-state index is 6.10. The van der Waals surface area contributed by atoms with E-state index in [1.165, 1.54) is 0 Å². The molecule has 4 N–H and O–H groups in total. The number of rotatable bonds is 4. The number of H-pyrrole nitrogens is 4. The van der Waals surface area contributed by atoms with Gasteiger partial charge in [0.15, 0.2) is 17.6 Å². The Balaban J connectivity index is 1.44. The molecular formula is C38H26N4O3S3. The molecule has 1 aromatic carbocycles. The Hall–Kier alpha value is -5.29. The van der Waals surface area contributed by atoms with Crippen LogP contribution in [0.4, 0.5) is 0 Å². The zero-order chi connectivity index (χ0) is 32.4. The molecule has 7 aromatic rings. The van der Waals surface area contributed by atoms with Gasteiger partial charge in [-0.1, -0.05) is 42.5 Å². The molecule has 7 nitrogen and oxygen atoms in total. The van der Waals surface area contributed by atoms with Gasteiger partial charge in [0.05, 0.1) is 66.7 Å². The molecular weight excluding hydrogens is 657 g/mol. The van der Waals surface area contributed by atoms with Crippen LogP contribution in [-0.4, -0.2) is 30.9 Å². The first-order valence-electron chi connectivity index (χ1n) is 15.2. The quantitative estimate of drug-likeness (QED) is 0.112. The van der Waals surface area contributed by atoms with E-state index in [0.717, 1.165) is 76.9 Å². The smallest absolute Gasteiger partial charge is 0.162 e. The highest BCUT2D eigenvalue weighted by atomic mass is 32.1. The zero-order valence-electron chi connectivity index (χ0n) is 25.1. The fraction of sp³-hybridized carbons (Fsp3) is 0.0263. The van der Waals surface area contributed by atoms with E-state index in [0.29, 0.717) is 21.3 Å². The van der Waals surface area contributed by atoms with Crippen LogP contribution in [0.5, 0.6) is 0 Å². The van der Waals surface area contributed by atoms with E-state index in [4.69, 9.17) is 51.0 Å². The van der Waals surface area contributed by atoms with Gasteiger partial charge < -0.3 is 33.5 Å². The van der Waals surface area contributed by atoms with Crippen molar-refractivity contribution < 1.29 is 13.6 Å². The van der Waals surface area contributed by atoms with E-state index in [1.54, 1.807) is 18.8 Å². The van der Waals surface area contributed by atoms with Crippen LogP contribution in [0.1, 0.15) is 39.9 Å². The summed E-state index contributed by atoms with van der Waals surface area (Å²) in [6.07, 6.45) is 6.32. The molecule has 0 saturated heterocycles. The molecule has 0 saturated carbocycles. The topological polar surface area (TPSA) is 98.7 Å². The molecule has 0 fully saturated rings. The lowest BCUT2D eigenvalue weighted by molar-refractivity contribution is 0.264. The van der Waals surface area contributed by atoms with Crippen molar-refractivity contribution in [1.82, 2.24) is 19.9 Å². The minimum Gasteiger partial charge on any atom is -0.488 e. The van der Waals surface area contributed by atoms with Crippen LogP contribution < -0.4 is 21.4 Å². The van der Waals surface area contributed by atoms with Gasteiger partial charge in [0, 0.05) is 33.2 Å². The average molecular weight is 683 g/mol. The minimum absolute atomic E-state index is 0.459. The number of hydrogen-bond donors (Lipinski definition) is 6. The minimum atomic E-state index is -0.459. The zero-order valence-corrected chi connectivity index (χ0v) is 27.7. The summed E-state index contributed by atoms with van der Waals surface area (Å²) in [7, 11) is 0. The third kappa shape index (κ3) is 4.71. The molecule has 9 rings (SSSR count). The van der Waals surface area contributed by atoms with E-state index >= 15 is 0 Å². The number of fused-ring (bicyclic) bond motifs is 8. The molecule has 0 spiro atoms. The Labute approximate surface area is 289 Å². The third-order valence-corrected chi connectivity index (χ3v) is 9.77. The number of hydrogen-bond acceptors (Lipinski definition) is 6. The summed E-state index contributed by atoms with van der Waals surface area (Å²) in [4.78, 5) is 16.9. The van der Waals surface area contributed by atoms with Gasteiger partial charge in [0.2, 0.25) is 0 Å². The number of furan rings is 2. The summed E-state index contributed by atoms with van der Waals surface area (Å²) in [5, 5.41) is 3.46. The number of nitrogens with one attached hydrogen (secondary N) is 4. The Morgan fingerprint density at radius 3 is 1.62 bits per heavy atom. The van der Waals surface area contributed by atoms with Crippen LogP contribution >= 0.6 is 37.5 Å². The van der Waals surface area contributed by atoms with Crippen molar-refractivity contribution in [1.29, 1.82) is 0 Å². The van der Waals surface area contributed by atoms with E-state index in [2.05, 4.69) is 56.3 Å². The van der Waals surface area contributed by atoms with Crippen molar-refractivity contribution in [2.24, 2.45) is 0 Å². The molecule has 0 amide bonds. The van der Waals surface area contributed by atoms with Gasteiger partial charge in [-0.3, -0.25) is 0 Å². The van der Waals surface area contributed by atoms with Crippen LogP contribution in [0, 0.1) is 0 Å². The molecule has 0 aliphatic carbocycles. The second-order valence-corrected chi connectivity index (χ2v) is 13.0. The van der Waals surface area contributed by atoms with Gasteiger partial charge in [-0.15, -0.1) is 25.3 Å². The fourth-order valence-corrected chi connectivity index (χ4v) is 7.25. The van der Waals surface area contributed by atoms with E-state index < -0.39 is 6.10 Å². The monoisotopic (exact) mass is 682 g/mol. The lowest BCUT2D eigenvalue weighted by atomic mass is 10.0. The van der Waals surface area contributed by atoms with Crippen LogP contribution in [0.3, 0.4) is 0 Å². The van der Waals surface area contributed by atoms with Gasteiger partial charge in [-0.2, -0.15) is 0 Å². The molecule has 234 valence electrons. The van der Waals surface area contributed by atoms with Crippen molar-refractivity contribution in [2.75, 3.05) is 0 Å².